The summed E-state index contributed by atoms with van der Waals surface area (Å²) in [5.41, 5.74) is 27.8. The molecule has 778 valence electrons. The maximum Gasteiger partial charge on any atom is 0.153 e. The van der Waals surface area contributed by atoms with Crippen LogP contribution in [0.4, 0.5) is 4.39 Å². The highest BCUT2D eigenvalue weighted by Gasteiger charge is 2.28. The van der Waals surface area contributed by atoms with E-state index in [1.165, 1.54) is 75.0 Å². The van der Waals surface area contributed by atoms with Gasteiger partial charge in [0.05, 0.1) is 80.8 Å². The van der Waals surface area contributed by atoms with Gasteiger partial charge >= 0.3 is 0 Å². The lowest BCUT2D eigenvalue weighted by Crippen LogP contribution is -2.13. The molecule has 15 aromatic heterocycles. The number of aromatic amines is 2. The molecule has 3 aromatic carbocycles. The number of aryl methyl sites for hydroxylation is 2. The normalized spacial score (nSPS) is 12.8. The van der Waals surface area contributed by atoms with E-state index < -0.39 is 0 Å². The van der Waals surface area contributed by atoms with Crippen molar-refractivity contribution in [3.8, 4) is 6.07 Å². The molecule has 7 N–H and O–H groups in total. The molecule has 0 atom stereocenters. The van der Waals surface area contributed by atoms with E-state index >= 15 is 0 Å². The van der Waals surface area contributed by atoms with Gasteiger partial charge in [-0.2, -0.15) is 5.26 Å². The zero-order valence-corrected chi connectivity index (χ0v) is 99.3. The van der Waals surface area contributed by atoms with Crippen LogP contribution in [0.1, 0.15) is 319 Å². The summed E-state index contributed by atoms with van der Waals surface area (Å²) in [6.07, 6.45) is 16.4. The number of fused-ring (bicyclic) bond motifs is 9. The highest BCUT2D eigenvalue weighted by atomic mass is 35.5. The van der Waals surface area contributed by atoms with Crippen molar-refractivity contribution < 1.29 is 4.39 Å². The number of H-pyrrole nitrogens is 2. The molecule has 0 saturated heterocycles. The zero-order chi connectivity index (χ0) is 108. The predicted molar refractivity (Wildman–Crippen MR) is 630 cm³/mol. The molecule has 2 aliphatic rings. The van der Waals surface area contributed by atoms with E-state index in [2.05, 4.69) is 348 Å². The second-order valence-electron chi connectivity index (χ2n) is 48.4. The fraction of sp³-hybridized carbons (Fsp3) is 0.420. The molecular formula is C119H152Cl4FN17S5. The second-order valence-corrected chi connectivity index (χ2v) is 55.2. The maximum atomic E-state index is 13.9. The number of rotatable bonds is 1. The summed E-state index contributed by atoms with van der Waals surface area (Å²) in [4.78, 5) is 44.9. The third-order valence-electron chi connectivity index (χ3n) is 24.3. The number of nitrogens with one attached hydrogen (secondary N) is 5. The molecule has 17 heterocycles. The number of aromatic nitrogens is 12. The Balaban J connectivity index is 0.000000165. The number of nitriles is 1. The van der Waals surface area contributed by atoms with Gasteiger partial charge in [-0.15, -0.1) is 56.7 Å². The molecule has 0 spiro atoms. The number of benzene rings is 3. The van der Waals surface area contributed by atoms with Crippen molar-refractivity contribution in [2.24, 2.45) is 19.8 Å². The molecule has 0 unspecified atom stereocenters. The number of pyridine rings is 5. The minimum atomic E-state index is -0.205. The number of nitrogen functional groups attached to an aromatic ring is 1. The van der Waals surface area contributed by atoms with Crippen LogP contribution in [0.3, 0.4) is 0 Å². The number of thiazole rings is 1. The van der Waals surface area contributed by atoms with Crippen molar-refractivity contribution in [3.63, 3.8) is 0 Å². The van der Waals surface area contributed by atoms with Crippen LogP contribution in [0, 0.1) is 22.6 Å². The Morgan fingerprint density at radius 2 is 1.03 bits per heavy atom. The number of halogens is 5. The number of para-hydroxylation sites is 1. The summed E-state index contributed by atoms with van der Waals surface area (Å²) in [5.74, 6) is -0.0175. The lowest BCUT2D eigenvalue weighted by atomic mass is 9.85. The maximum absolute atomic E-state index is 13.9. The molecule has 2 aliphatic heterocycles. The standard InChI is InChI=1S/C12H15ClN2.C12H16N2.C12H17N.C11H13ClN2.2C11H12ClNS.C11H13FN2.C11H14N2.C10H15NS.C9H14N2S.C9H11NS/c1-12(2,3)8-5-9-10(13)7-15(4)11(9)14-6-8;1-12(2,3)9-5-6-11-10(7-9)13-8-14(11)4;1-12(2,3)11-5-4-9-7-13-8-10(9)6-11;1-11(2,3)8-4-5-10-13-6-9(12)14(10)7-8;1-11(2,3)7-4-8-9(12)6-14-10(8)13-5-7;1-11(2,3)10-13-9-7(12)5-4-6-8(9)14-10;1-11(2,3)10-9(12)7-6-13-5-4-8(7)14-10;1-11(2,3)10-7-9-8(13-10)5-4-6-12-9;1-10(2,3)9-4-7-5-11-6-8(7)12-9;1-9(2,3)7-5-4-6(12-7)8(10)11;1-9(2,3)8-5-4-7(6-10)11-8/h5-7H,1-4H3;5-8H,1-4H3;4-6,13H,7-8H2,1-3H3;4-7H,1-3H3;2*4-6H,1-3H3;4-6,14H,1-3H3;4-7,13H,1-3H3;4,11H,5-6H2,1-3H3;4-5H,1-3H3,(H3,10,11);4-5H,1-3H3. The van der Waals surface area contributed by atoms with Gasteiger partial charge in [-0.3, -0.25) is 19.8 Å². The smallest absolute Gasteiger partial charge is 0.153 e. The Bertz CT molecular complexity index is 7340. The van der Waals surface area contributed by atoms with Crippen molar-refractivity contribution in [1.82, 2.24) is 69.0 Å². The van der Waals surface area contributed by atoms with Crippen LogP contribution in [0.15, 0.2) is 195 Å². The van der Waals surface area contributed by atoms with Crippen molar-refractivity contribution in [1.29, 1.82) is 10.7 Å². The summed E-state index contributed by atoms with van der Waals surface area (Å²) < 4.78 is 20.9. The molecule has 0 bridgehead atoms. The fourth-order valence-electron chi connectivity index (χ4n) is 14.9. The average molecular weight is 2140 g/mol. The third-order valence-corrected chi connectivity index (χ3v) is 32.5. The first-order valence-corrected chi connectivity index (χ1v) is 55.1. The number of hydrogen-bond donors (Lipinski definition) is 6. The highest BCUT2D eigenvalue weighted by Crippen LogP contribution is 2.41. The molecule has 20 rings (SSSR count). The van der Waals surface area contributed by atoms with E-state index in [4.69, 9.17) is 62.8 Å². The monoisotopic (exact) mass is 2140 g/mol. The molecule has 0 saturated carbocycles. The largest absolute Gasteiger partial charge is 0.383 e. The highest BCUT2D eigenvalue weighted by molar-refractivity contribution is 7.19. The average Bonchev–Trinajstić information content (AvgIpc) is 1.62. The molecule has 18 aromatic rings. The summed E-state index contributed by atoms with van der Waals surface area (Å²) >= 11 is 32.7. The number of amidine groups is 1. The van der Waals surface area contributed by atoms with Crippen LogP contribution in [0.2, 0.25) is 20.2 Å². The summed E-state index contributed by atoms with van der Waals surface area (Å²) in [5, 5.41) is 31.3. The van der Waals surface area contributed by atoms with E-state index in [0.29, 0.717) is 21.6 Å². The lowest BCUT2D eigenvalue weighted by molar-refractivity contribution is 0.517. The topological polar surface area (TPSA) is 234 Å². The summed E-state index contributed by atoms with van der Waals surface area (Å²) in [6.45, 7) is 76.0. The van der Waals surface area contributed by atoms with Gasteiger partial charge in [0.15, 0.2) is 5.82 Å². The molecule has 0 fully saturated rings. The Morgan fingerprint density at radius 1 is 0.445 bits per heavy atom. The van der Waals surface area contributed by atoms with Gasteiger partial charge in [-0.25, -0.2) is 29.3 Å². The zero-order valence-electron chi connectivity index (χ0n) is 92.2. The van der Waals surface area contributed by atoms with Crippen molar-refractivity contribution >= 4 is 179 Å². The van der Waals surface area contributed by atoms with Crippen LogP contribution in [0.25, 0.3) is 70.1 Å². The first-order chi connectivity index (χ1) is 67.5. The van der Waals surface area contributed by atoms with E-state index in [0.717, 1.165) is 110 Å². The van der Waals surface area contributed by atoms with E-state index in [1.807, 2.05) is 151 Å². The van der Waals surface area contributed by atoms with Gasteiger partial charge in [0, 0.05) is 141 Å². The SMILES string of the molecule is CC(C)(C)c1[nH]c2ccncc2c1F.CC(C)(C)c1cc2c(s1)CNC2.CC(C)(C)c1cc2ncccc2[nH]1.CC(C)(C)c1ccc(C#N)s1.CC(C)(C)c1ccc(C(=N)N)s1.CC(C)(C)c1ccc2c(c1)CNC2.CC(C)(C)c1ccc2ncc(Cl)n2c1.CC(C)(C)c1cnc2scc(Cl)c2c1.CC(C)(C)c1nc2c(Cl)cccc2s1.Cn1cc(Cl)c2cc(C(C)(C)C)cnc21.Cn1cnc2cc(C(C)(C)C)ccc21. The molecule has 146 heavy (non-hydrogen) atoms. The summed E-state index contributed by atoms with van der Waals surface area (Å²) in [6, 6.07) is 47.9. The number of nitrogens with zero attached hydrogens (tertiary/aromatic N) is 11. The van der Waals surface area contributed by atoms with E-state index in [1.54, 1.807) is 74.9 Å². The summed E-state index contributed by atoms with van der Waals surface area (Å²) in [7, 11) is 3.98. The number of hydrogen-bond acceptors (Lipinski definition) is 16. The van der Waals surface area contributed by atoms with Gasteiger partial charge in [-0.1, -0.05) is 311 Å². The van der Waals surface area contributed by atoms with Crippen molar-refractivity contribution in [2.75, 3.05) is 0 Å². The molecule has 0 aliphatic carbocycles. The first-order valence-electron chi connectivity index (χ1n) is 49.4. The molecule has 0 amide bonds. The van der Waals surface area contributed by atoms with Crippen LogP contribution in [-0.2, 0) is 99.8 Å². The molecule has 17 nitrogen and oxygen atoms in total. The minimum absolute atomic E-state index is 0.104. The number of imidazole rings is 2. The van der Waals surface area contributed by atoms with Crippen molar-refractivity contribution in [3.05, 3.63) is 311 Å². The Kier molecular flexibility index (Phi) is 38.3. The van der Waals surface area contributed by atoms with Gasteiger partial charge < -0.3 is 35.5 Å². The minimum Gasteiger partial charge on any atom is -0.383 e. The lowest BCUT2D eigenvalue weighted by Gasteiger charge is -2.19. The number of thiophene rings is 4. The second kappa shape index (κ2) is 47.4. The Morgan fingerprint density at radius 3 is 1.59 bits per heavy atom. The van der Waals surface area contributed by atoms with Crippen LogP contribution in [-0.4, -0.2) is 64.2 Å². The Hall–Kier alpha value is -10.0. The molecule has 27 heteroatoms. The van der Waals surface area contributed by atoms with Crippen LogP contribution in [0.5, 0.6) is 0 Å². The first kappa shape index (κ1) is 118. The number of nitrogens with two attached hydrogens (primary N) is 1. The van der Waals surface area contributed by atoms with Crippen LogP contribution >= 0.6 is 103 Å². The van der Waals surface area contributed by atoms with E-state index in [9.17, 15) is 4.39 Å². The third kappa shape index (κ3) is 32.0. The molecular weight excluding hydrogens is 1990 g/mol. The predicted octanol–water partition coefficient (Wildman–Crippen LogP) is 34.5. The van der Waals surface area contributed by atoms with Crippen molar-refractivity contribution in [2.45, 2.75) is 314 Å². The quantitative estimate of drug-likeness (QED) is 0.0668. The van der Waals surface area contributed by atoms with Gasteiger partial charge in [0.1, 0.15) is 43.6 Å². The van der Waals surface area contributed by atoms with Gasteiger partial charge in [0.25, 0.3) is 0 Å². The van der Waals surface area contributed by atoms with Crippen LogP contribution < -0.4 is 16.4 Å². The van der Waals surface area contributed by atoms with E-state index in [-0.39, 0.29) is 65.8 Å². The fourth-order valence-corrected chi connectivity index (χ4v) is 20.8. The Labute approximate surface area is 906 Å². The van der Waals surface area contributed by atoms with Gasteiger partial charge in [0.2, 0.25) is 0 Å². The molecule has 0 radical (unpaired) electrons. The van der Waals surface area contributed by atoms with Gasteiger partial charge in [-0.05, 0) is 185 Å².